The smallest absolute Gasteiger partial charge is 0.223 e. The van der Waals surface area contributed by atoms with Crippen LogP contribution in [-0.4, -0.2) is 39.3 Å². The van der Waals surface area contributed by atoms with Gasteiger partial charge < -0.3 is 15.4 Å². The van der Waals surface area contributed by atoms with Gasteiger partial charge in [0.25, 0.3) is 0 Å². The summed E-state index contributed by atoms with van der Waals surface area (Å²) in [7, 11) is 1.77. The number of ether oxygens (including phenoxy) is 1. The Morgan fingerprint density at radius 2 is 1.90 bits per heavy atom. The maximum atomic E-state index is 12.4. The van der Waals surface area contributed by atoms with Crippen molar-refractivity contribution in [3.63, 3.8) is 0 Å². The van der Waals surface area contributed by atoms with E-state index in [0.717, 1.165) is 32.7 Å². The highest BCUT2D eigenvalue weighted by Crippen LogP contribution is 2.58. The van der Waals surface area contributed by atoms with E-state index in [2.05, 4.69) is 10.6 Å². The van der Waals surface area contributed by atoms with Gasteiger partial charge in [-0.25, -0.2) is 0 Å². The first-order valence-electron chi connectivity index (χ1n) is 8.17. The molecule has 1 amide bonds. The van der Waals surface area contributed by atoms with Gasteiger partial charge in [0.1, 0.15) is 0 Å². The number of piperidine rings is 1. The van der Waals surface area contributed by atoms with Crippen LogP contribution in [0.1, 0.15) is 44.9 Å². The van der Waals surface area contributed by atoms with Gasteiger partial charge in [-0.05, 0) is 50.6 Å². The molecule has 0 aromatic heterocycles. The van der Waals surface area contributed by atoms with Crippen molar-refractivity contribution in [1.29, 1.82) is 0 Å². The lowest BCUT2D eigenvalue weighted by atomic mass is 9.87. The van der Waals surface area contributed by atoms with Crippen LogP contribution in [0.15, 0.2) is 0 Å². The molecule has 1 aliphatic heterocycles. The molecule has 0 radical (unpaired) electrons. The molecule has 3 rings (SSSR count). The van der Waals surface area contributed by atoms with Crippen LogP contribution in [0.3, 0.4) is 0 Å². The maximum absolute atomic E-state index is 12.4. The summed E-state index contributed by atoms with van der Waals surface area (Å²) in [4.78, 5) is 12.4. The summed E-state index contributed by atoms with van der Waals surface area (Å²) >= 11 is 0. The second-order valence-corrected chi connectivity index (χ2v) is 7.23. The van der Waals surface area contributed by atoms with Crippen molar-refractivity contribution in [2.24, 2.45) is 16.7 Å². The number of carbonyl (C=O) groups is 1. The minimum absolute atomic E-state index is 0. The Morgan fingerprint density at radius 1 is 1.24 bits per heavy atom. The van der Waals surface area contributed by atoms with Gasteiger partial charge in [-0.15, -0.1) is 12.4 Å². The van der Waals surface area contributed by atoms with E-state index in [4.69, 9.17) is 4.74 Å². The summed E-state index contributed by atoms with van der Waals surface area (Å²) in [5.41, 5.74) is 0.556. The van der Waals surface area contributed by atoms with Crippen LogP contribution in [0.25, 0.3) is 0 Å². The minimum atomic E-state index is 0. The number of halogens is 1. The van der Waals surface area contributed by atoms with Gasteiger partial charge in [0.15, 0.2) is 0 Å². The third-order valence-corrected chi connectivity index (χ3v) is 5.86. The Balaban J connectivity index is 0.00000161. The van der Waals surface area contributed by atoms with E-state index in [0.29, 0.717) is 11.3 Å². The lowest BCUT2D eigenvalue weighted by molar-refractivity contribution is -0.124. The zero-order valence-corrected chi connectivity index (χ0v) is 13.9. The van der Waals surface area contributed by atoms with E-state index in [1.807, 2.05) is 0 Å². The largest absolute Gasteiger partial charge is 0.384 e. The molecular formula is C16H29ClN2O2. The number of amides is 1. The van der Waals surface area contributed by atoms with E-state index < -0.39 is 0 Å². The molecule has 5 heteroatoms. The van der Waals surface area contributed by atoms with Crippen LogP contribution in [0.4, 0.5) is 0 Å². The van der Waals surface area contributed by atoms with Crippen molar-refractivity contribution >= 4 is 18.3 Å². The fourth-order valence-electron chi connectivity index (χ4n) is 4.40. The van der Waals surface area contributed by atoms with Gasteiger partial charge in [0.05, 0.1) is 6.61 Å². The molecule has 1 unspecified atom stereocenters. The minimum Gasteiger partial charge on any atom is -0.384 e. The maximum Gasteiger partial charge on any atom is 0.223 e. The first kappa shape index (κ1) is 17.0. The first-order valence-corrected chi connectivity index (χ1v) is 8.17. The molecule has 3 fully saturated rings. The number of methoxy groups -OCH3 is 1. The second-order valence-electron chi connectivity index (χ2n) is 7.23. The Hall–Kier alpha value is -0.320. The van der Waals surface area contributed by atoms with E-state index in [9.17, 15) is 4.79 Å². The standard InChI is InChI=1S/C16H28N2O2.ClH/c1-20-12-15(4-2-3-5-15)11-18-14(19)13-10-16(13)6-8-17-9-7-16;/h13,17H,2-12H2,1H3,(H,18,19);1H. The van der Waals surface area contributed by atoms with Crippen LogP contribution in [0.2, 0.25) is 0 Å². The summed E-state index contributed by atoms with van der Waals surface area (Å²) < 4.78 is 5.39. The Labute approximate surface area is 134 Å². The highest BCUT2D eigenvalue weighted by molar-refractivity contribution is 5.85. The molecule has 1 spiro atoms. The Morgan fingerprint density at radius 3 is 2.52 bits per heavy atom. The molecule has 21 heavy (non-hydrogen) atoms. The molecule has 2 aliphatic carbocycles. The van der Waals surface area contributed by atoms with Crippen molar-refractivity contribution < 1.29 is 9.53 Å². The fourth-order valence-corrected chi connectivity index (χ4v) is 4.40. The predicted molar refractivity (Wildman–Crippen MR) is 85.7 cm³/mol. The molecule has 4 nitrogen and oxygen atoms in total. The Kier molecular flexibility index (Phi) is 5.55. The fraction of sp³-hybridized carbons (Fsp3) is 0.938. The third-order valence-electron chi connectivity index (χ3n) is 5.86. The van der Waals surface area contributed by atoms with Gasteiger partial charge in [-0.2, -0.15) is 0 Å². The van der Waals surface area contributed by atoms with Crippen molar-refractivity contribution in [1.82, 2.24) is 10.6 Å². The quantitative estimate of drug-likeness (QED) is 0.817. The normalized spacial score (nSPS) is 28.9. The summed E-state index contributed by atoms with van der Waals surface area (Å²) in [6, 6.07) is 0. The molecular weight excluding hydrogens is 288 g/mol. The van der Waals surface area contributed by atoms with E-state index in [-0.39, 0.29) is 23.7 Å². The number of rotatable bonds is 5. The molecule has 122 valence electrons. The van der Waals surface area contributed by atoms with E-state index >= 15 is 0 Å². The van der Waals surface area contributed by atoms with Gasteiger partial charge in [0, 0.05) is 25.0 Å². The summed E-state index contributed by atoms with van der Waals surface area (Å²) in [6.45, 7) is 3.76. The molecule has 0 aromatic rings. The van der Waals surface area contributed by atoms with Crippen LogP contribution in [0, 0.1) is 16.7 Å². The lowest BCUT2D eigenvalue weighted by Crippen LogP contribution is -2.40. The second kappa shape index (κ2) is 6.84. The van der Waals surface area contributed by atoms with Gasteiger partial charge >= 0.3 is 0 Å². The first-order chi connectivity index (χ1) is 9.70. The molecule has 0 aromatic carbocycles. The molecule has 1 saturated heterocycles. The SMILES string of the molecule is COCC1(CNC(=O)C2CC23CCNCC3)CCCC1.Cl. The van der Waals surface area contributed by atoms with Crippen molar-refractivity contribution in [3.8, 4) is 0 Å². The average molecular weight is 317 g/mol. The number of carbonyl (C=O) groups excluding carboxylic acids is 1. The van der Waals surface area contributed by atoms with Crippen LogP contribution in [-0.2, 0) is 9.53 Å². The van der Waals surface area contributed by atoms with Crippen molar-refractivity contribution in [2.45, 2.75) is 44.9 Å². The van der Waals surface area contributed by atoms with E-state index in [1.165, 1.54) is 38.5 Å². The van der Waals surface area contributed by atoms with Crippen molar-refractivity contribution in [3.05, 3.63) is 0 Å². The monoisotopic (exact) mass is 316 g/mol. The molecule has 1 heterocycles. The molecule has 2 N–H and O–H groups in total. The Bertz CT molecular complexity index is 363. The molecule has 2 saturated carbocycles. The topological polar surface area (TPSA) is 50.4 Å². The van der Waals surface area contributed by atoms with Crippen LogP contribution in [0.5, 0.6) is 0 Å². The number of hydrogen-bond donors (Lipinski definition) is 2. The molecule has 3 aliphatic rings. The van der Waals surface area contributed by atoms with Crippen LogP contribution < -0.4 is 10.6 Å². The van der Waals surface area contributed by atoms with Gasteiger partial charge in [-0.1, -0.05) is 12.8 Å². The van der Waals surface area contributed by atoms with Crippen molar-refractivity contribution in [2.75, 3.05) is 33.4 Å². The zero-order valence-electron chi connectivity index (χ0n) is 13.1. The van der Waals surface area contributed by atoms with Gasteiger partial charge in [-0.3, -0.25) is 4.79 Å². The third kappa shape index (κ3) is 3.54. The van der Waals surface area contributed by atoms with Gasteiger partial charge in [0.2, 0.25) is 5.91 Å². The summed E-state index contributed by atoms with van der Waals surface area (Å²) in [5, 5.41) is 6.64. The molecule has 0 bridgehead atoms. The zero-order chi connectivity index (χ0) is 14.1. The highest BCUT2D eigenvalue weighted by Gasteiger charge is 2.57. The predicted octanol–water partition coefficient (Wildman–Crippen LogP) is 2.12. The lowest BCUT2D eigenvalue weighted by Gasteiger charge is -2.29. The summed E-state index contributed by atoms with van der Waals surface area (Å²) in [6.07, 6.45) is 8.40. The number of nitrogens with one attached hydrogen (secondary N) is 2. The van der Waals surface area contributed by atoms with Crippen LogP contribution >= 0.6 is 12.4 Å². The molecule has 1 atom stereocenters. The number of hydrogen-bond acceptors (Lipinski definition) is 3. The average Bonchev–Trinajstić information content (AvgIpc) is 2.95. The summed E-state index contributed by atoms with van der Waals surface area (Å²) in [5.74, 6) is 0.583. The van der Waals surface area contributed by atoms with E-state index in [1.54, 1.807) is 7.11 Å². The highest BCUT2D eigenvalue weighted by atomic mass is 35.5.